The average Bonchev–Trinajstić information content (AvgIpc) is 2.49. The summed E-state index contributed by atoms with van der Waals surface area (Å²) < 4.78 is 41.3. The van der Waals surface area contributed by atoms with Crippen LogP contribution in [0.2, 0.25) is 0 Å². The van der Waals surface area contributed by atoms with Crippen LogP contribution in [0, 0.1) is 0 Å². The van der Waals surface area contributed by atoms with Gasteiger partial charge in [-0.3, -0.25) is 0 Å². The summed E-state index contributed by atoms with van der Waals surface area (Å²) in [5.41, 5.74) is 0.165. The summed E-state index contributed by atoms with van der Waals surface area (Å²) in [7, 11) is 0. The molecule has 0 aliphatic rings. The predicted molar refractivity (Wildman–Crippen MR) is 77.8 cm³/mol. The van der Waals surface area contributed by atoms with Gasteiger partial charge in [0.25, 0.3) is 0 Å². The number of hydrogen-bond donors (Lipinski definition) is 0. The molecule has 112 valence electrons. The van der Waals surface area contributed by atoms with Gasteiger partial charge in [-0.05, 0) is 27.6 Å². The summed E-state index contributed by atoms with van der Waals surface area (Å²) in [4.78, 5) is 12.2. The van der Waals surface area contributed by atoms with Gasteiger partial charge < -0.3 is 4.74 Å². The maximum absolute atomic E-state index is 12.3. The van der Waals surface area contributed by atoms with Gasteiger partial charge in [0.05, 0.1) is 5.56 Å². The molecule has 3 aromatic carbocycles. The van der Waals surface area contributed by atoms with Crippen molar-refractivity contribution in [1.82, 2.24) is 0 Å². The molecule has 0 aliphatic carbocycles. The summed E-state index contributed by atoms with van der Waals surface area (Å²) in [5.74, 6) is -0.967. The quantitative estimate of drug-likeness (QED) is 0.506. The molecule has 0 aromatic heterocycles. The van der Waals surface area contributed by atoms with Crippen molar-refractivity contribution in [2.45, 2.75) is 6.18 Å². The van der Waals surface area contributed by atoms with Crippen molar-refractivity contribution in [3.8, 4) is 0 Å². The molecule has 0 saturated heterocycles. The van der Waals surface area contributed by atoms with E-state index in [0.29, 0.717) is 10.8 Å². The van der Waals surface area contributed by atoms with Crippen LogP contribution in [0.3, 0.4) is 0 Å². The molecule has 0 amide bonds. The van der Waals surface area contributed by atoms with E-state index in [1.54, 1.807) is 24.3 Å². The molecule has 0 heterocycles. The Morgan fingerprint density at radius 2 is 1.41 bits per heavy atom. The van der Waals surface area contributed by atoms with Crippen molar-refractivity contribution in [3.63, 3.8) is 0 Å². The first-order chi connectivity index (χ1) is 10.5. The molecule has 3 rings (SSSR count). The summed E-state index contributed by atoms with van der Waals surface area (Å²) in [6.45, 7) is -1.59. The van der Waals surface area contributed by atoms with Gasteiger partial charge in [-0.1, -0.05) is 48.5 Å². The number of ether oxygens (including phenoxy) is 1. The van der Waals surface area contributed by atoms with Crippen molar-refractivity contribution >= 4 is 27.5 Å². The average molecular weight is 304 g/mol. The maximum Gasteiger partial charge on any atom is 0.422 e. The number of esters is 1. The molecule has 0 atom stereocenters. The van der Waals surface area contributed by atoms with Crippen LogP contribution in [0.4, 0.5) is 13.2 Å². The Balaban J connectivity index is 2.18. The number of alkyl halides is 3. The fraction of sp³-hybridized carbons (Fsp3) is 0.118. The van der Waals surface area contributed by atoms with Crippen LogP contribution in [0.15, 0.2) is 54.6 Å². The maximum atomic E-state index is 12.3. The molecule has 0 aliphatic heterocycles. The van der Waals surface area contributed by atoms with Crippen molar-refractivity contribution < 1.29 is 22.7 Å². The second-order valence-electron chi connectivity index (χ2n) is 4.89. The third kappa shape index (κ3) is 2.74. The van der Waals surface area contributed by atoms with E-state index in [1.807, 2.05) is 30.3 Å². The van der Waals surface area contributed by atoms with Gasteiger partial charge in [-0.15, -0.1) is 0 Å². The molecule has 0 bridgehead atoms. The normalized spacial score (nSPS) is 11.8. The molecule has 22 heavy (non-hydrogen) atoms. The summed E-state index contributed by atoms with van der Waals surface area (Å²) in [6.07, 6.45) is -4.55. The van der Waals surface area contributed by atoms with Gasteiger partial charge in [0.1, 0.15) is 0 Å². The molecule has 0 radical (unpaired) electrons. The van der Waals surface area contributed by atoms with Gasteiger partial charge in [0, 0.05) is 0 Å². The Bertz CT molecular complexity index is 799. The second-order valence-corrected chi connectivity index (χ2v) is 4.89. The zero-order valence-electron chi connectivity index (χ0n) is 11.4. The third-order valence-electron chi connectivity index (χ3n) is 3.34. The zero-order chi connectivity index (χ0) is 15.7. The van der Waals surface area contributed by atoms with E-state index >= 15 is 0 Å². The lowest BCUT2D eigenvalue weighted by Gasteiger charge is -2.12. The number of benzene rings is 3. The van der Waals surface area contributed by atoms with Crippen LogP contribution in [0.25, 0.3) is 21.5 Å². The van der Waals surface area contributed by atoms with Gasteiger partial charge in [-0.25, -0.2) is 4.79 Å². The standard InChI is InChI=1S/C17H11F3O2/c18-17(19,20)10-22-16(21)15-13-7-3-1-5-11(13)9-12-6-2-4-8-14(12)15/h1-9H,10H2. The Hall–Kier alpha value is -2.56. The van der Waals surface area contributed by atoms with Crippen LogP contribution in [-0.4, -0.2) is 18.8 Å². The number of carbonyl (C=O) groups is 1. The molecular formula is C17H11F3O2. The zero-order valence-corrected chi connectivity index (χ0v) is 11.4. The number of halogens is 3. The Morgan fingerprint density at radius 1 is 0.909 bits per heavy atom. The monoisotopic (exact) mass is 304 g/mol. The van der Waals surface area contributed by atoms with Gasteiger partial charge in [-0.2, -0.15) is 13.2 Å². The van der Waals surface area contributed by atoms with Crippen LogP contribution < -0.4 is 0 Å². The summed E-state index contributed by atoms with van der Waals surface area (Å²) >= 11 is 0. The van der Waals surface area contributed by atoms with Crippen LogP contribution in [0.5, 0.6) is 0 Å². The number of fused-ring (bicyclic) bond motifs is 2. The van der Waals surface area contributed by atoms with E-state index in [-0.39, 0.29) is 5.56 Å². The molecule has 2 nitrogen and oxygen atoms in total. The number of rotatable bonds is 2. The van der Waals surface area contributed by atoms with E-state index in [1.165, 1.54) is 0 Å². The number of carbonyl (C=O) groups excluding carboxylic acids is 1. The third-order valence-corrected chi connectivity index (χ3v) is 3.34. The van der Waals surface area contributed by atoms with Crippen molar-refractivity contribution in [2.24, 2.45) is 0 Å². The molecule has 0 unspecified atom stereocenters. The molecule has 0 spiro atoms. The van der Waals surface area contributed by atoms with E-state index in [0.717, 1.165) is 10.8 Å². The minimum Gasteiger partial charge on any atom is -0.452 e. The highest BCUT2D eigenvalue weighted by Crippen LogP contribution is 2.29. The van der Waals surface area contributed by atoms with Gasteiger partial charge in [0.15, 0.2) is 6.61 Å². The van der Waals surface area contributed by atoms with Gasteiger partial charge in [0.2, 0.25) is 0 Å². The Morgan fingerprint density at radius 3 is 1.91 bits per heavy atom. The van der Waals surface area contributed by atoms with E-state index in [4.69, 9.17) is 0 Å². The van der Waals surface area contributed by atoms with Crippen LogP contribution in [-0.2, 0) is 4.74 Å². The van der Waals surface area contributed by atoms with E-state index in [9.17, 15) is 18.0 Å². The molecule has 3 aromatic rings. The van der Waals surface area contributed by atoms with Crippen LogP contribution >= 0.6 is 0 Å². The highest BCUT2D eigenvalue weighted by Gasteiger charge is 2.30. The lowest BCUT2D eigenvalue weighted by molar-refractivity contribution is -0.161. The van der Waals surface area contributed by atoms with Crippen molar-refractivity contribution in [2.75, 3.05) is 6.61 Å². The topological polar surface area (TPSA) is 26.3 Å². The first-order valence-corrected chi connectivity index (χ1v) is 6.60. The lowest BCUT2D eigenvalue weighted by Crippen LogP contribution is -2.20. The van der Waals surface area contributed by atoms with Gasteiger partial charge >= 0.3 is 12.1 Å². The van der Waals surface area contributed by atoms with E-state index in [2.05, 4.69) is 4.74 Å². The lowest BCUT2D eigenvalue weighted by atomic mass is 9.97. The first-order valence-electron chi connectivity index (χ1n) is 6.60. The predicted octanol–water partition coefficient (Wildman–Crippen LogP) is 4.71. The second kappa shape index (κ2) is 5.33. The van der Waals surface area contributed by atoms with Crippen molar-refractivity contribution in [1.29, 1.82) is 0 Å². The number of hydrogen-bond acceptors (Lipinski definition) is 2. The van der Waals surface area contributed by atoms with E-state index < -0.39 is 18.8 Å². The fourth-order valence-electron chi connectivity index (χ4n) is 2.45. The molecule has 0 N–H and O–H groups in total. The highest BCUT2D eigenvalue weighted by atomic mass is 19.4. The van der Waals surface area contributed by atoms with Crippen molar-refractivity contribution in [3.05, 3.63) is 60.2 Å². The van der Waals surface area contributed by atoms with Crippen LogP contribution in [0.1, 0.15) is 10.4 Å². The molecule has 0 fully saturated rings. The summed E-state index contributed by atoms with van der Waals surface area (Å²) in [6, 6.07) is 16.0. The SMILES string of the molecule is O=C(OCC(F)(F)F)c1c2ccccc2cc2ccccc12. The largest absolute Gasteiger partial charge is 0.452 e. The summed E-state index contributed by atoms with van der Waals surface area (Å²) in [5, 5.41) is 2.71. The smallest absolute Gasteiger partial charge is 0.422 e. The fourth-order valence-corrected chi connectivity index (χ4v) is 2.45. The highest BCUT2D eigenvalue weighted by molar-refractivity contribution is 6.16. The molecular weight excluding hydrogens is 293 g/mol. The Kier molecular flexibility index (Phi) is 3.48. The molecule has 5 heteroatoms. The molecule has 0 saturated carbocycles. The Labute approximate surface area is 124 Å². The minimum absolute atomic E-state index is 0.165. The first kappa shape index (κ1) is 14.4. The minimum atomic E-state index is -4.55.